The van der Waals surface area contributed by atoms with Crippen molar-refractivity contribution in [2.24, 2.45) is 5.73 Å². The Bertz CT molecular complexity index is 1300. The van der Waals surface area contributed by atoms with E-state index in [4.69, 9.17) is 15.2 Å². The summed E-state index contributed by atoms with van der Waals surface area (Å²) in [4.78, 5) is 27.7. The summed E-state index contributed by atoms with van der Waals surface area (Å²) in [5, 5.41) is 2.98. The van der Waals surface area contributed by atoms with Crippen LogP contribution in [-0.2, 0) is 22.4 Å². The highest BCUT2D eigenvalue weighted by atomic mass is 35.5. The maximum absolute atomic E-state index is 13.4. The van der Waals surface area contributed by atoms with Gasteiger partial charge in [0.05, 0.1) is 12.6 Å². The van der Waals surface area contributed by atoms with Gasteiger partial charge in [-0.15, -0.1) is 12.4 Å². The number of amides is 2. The van der Waals surface area contributed by atoms with E-state index in [1.165, 1.54) is 5.56 Å². The fourth-order valence-corrected chi connectivity index (χ4v) is 5.33. The maximum Gasteiger partial charge on any atom is 0.223 e. The van der Waals surface area contributed by atoms with Crippen LogP contribution in [0.15, 0.2) is 66.7 Å². The van der Waals surface area contributed by atoms with Gasteiger partial charge < -0.3 is 25.4 Å². The normalized spacial score (nSPS) is 17.1. The molecule has 8 rings (SSSR count). The number of halogens is 1. The number of nitrogens with zero attached hydrogens (tertiary/aromatic N) is 1. The van der Waals surface area contributed by atoms with E-state index in [1.807, 2.05) is 53.4 Å². The molecular weight excluding hydrogens is 526 g/mol. The van der Waals surface area contributed by atoms with Crippen LogP contribution in [0.5, 0.6) is 17.2 Å². The van der Waals surface area contributed by atoms with Crippen LogP contribution in [0.3, 0.4) is 0 Å². The molecule has 3 N–H and O–H groups in total. The molecule has 5 aliphatic heterocycles. The Labute approximate surface area is 242 Å². The van der Waals surface area contributed by atoms with E-state index in [1.54, 1.807) is 0 Å². The van der Waals surface area contributed by atoms with Crippen LogP contribution in [0.2, 0.25) is 0 Å². The van der Waals surface area contributed by atoms with Gasteiger partial charge in [-0.3, -0.25) is 9.59 Å². The number of rotatable bonds is 4. The fraction of sp³-hybridized carbons (Fsp3) is 0.375. The number of ether oxygens (including phenoxy) is 2. The molecule has 5 aliphatic rings. The molecule has 0 aromatic heterocycles. The SMILES string of the molecule is Cl.NCCCCC(=O)N1CCc2cc3ccc2C1c1cccc(c1)OCCCNC(=O)CCc1ccc(cc1)O3. The summed E-state index contributed by atoms with van der Waals surface area (Å²) in [6.45, 7) is 2.29. The van der Waals surface area contributed by atoms with Gasteiger partial charge in [0.2, 0.25) is 11.8 Å². The van der Waals surface area contributed by atoms with Gasteiger partial charge >= 0.3 is 0 Å². The maximum atomic E-state index is 13.4. The quantitative estimate of drug-likeness (QED) is 0.418. The topological polar surface area (TPSA) is 93.9 Å². The first-order valence-corrected chi connectivity index (χ1v) is 14.0. The Morgan fingerprint density at radius 2 is 1.77 bits per heavy atom. The first-order valence-electron chi connectivity index (χ1n) is 14.0. The average molecular weight is 564 g/mol. The molecule has 1 unspecified atom stereocenters. The summed E-state index contributed by atoms with van der Waals surface area (Å²) in [6.07, 6.45) is 4.71. The molecule has 8 heteroatoms. The molecular formula is C32H38ClN3O4. The molecule has 5 heterocycles. The highest BCUT2D eigenvalue weighted by molar-refractivity contribution is 5.85. The van der Waals surface area contributed by atoms with Crippen LogP contribution in [-0.4, -0.2) is 43.0 Å². The zero-order chi connectivity index (χ0) is 27.0. The number of hydrogen-bond acceptors (Lipinski definition) is 5. The average Bonchev–Trinajstić information content (AvgIpc) is 2.96. The van der Waals surface area contributed by atoms with Gasteiger partial charge in [0.1, 0.15) is 17.2 Å². The molecule has 3 aromatic carbocycles. The highest BCUT2D eigenvalue weighted by Crippen LogP contribution is 2.39. The van der Waals surface area contributed by atoms with Crippen LogP contribution < -0.4 is 20.5 Å². The Hall–Kier alpha value is -3.55. The molecule has 2 amide bonds. The van der Waals surface area contributed by atoms with E-state index >= 15 is 0 Å². The van der Waals surface area contributed by atoms with Crippen molar-refractivity contribution < 1.29 is 19.1 Å². The van der Waals surface area contributed by atoms with Gasteiger partial charge in [0.25, 0.3) is 0 Å². The van der Waals surface area contributed by atoms with E-state index in [-0.39, 0.29) is 30.3 Å². The van der Waals surface area contributed by atoms with E-state index in [0.29, 0.717) is 51.9 Å². The molecule has 0 radical (unpaired) electrons. The second kappa shape index (κ2) is 14.2. The van der Waals surface area contributed by atoms with Gasteiger partial charge in [0, 0.05) is 25.9 Å². The van der Waals surface area contributed by atoms with Crippen molar-refractivity contribution >= 4 is 24.2 Å². The summed E-state index contributed by atoms with van der Waals surface area (Å²) in [5.41, 5.74) is 10.1. The highest BCUT2D eigenvalue weighted by Gasteiger charge is 2.32. The Morgan fingerprint density at radius 1 is 0.950 bits per heavy atom. The van der Waals surface area contributed by atoms with Crippen molar-refractivity contribution in [1.82, 2.24) is 10.2 Å². The Morgan fingerprint density at radius 3 is 2.60 bits per heavy atom. The number of carbonyl (C=O) groups is 2. The molecule has 0 spiro atoms. The minimum atomic E-state index is -0.204. The van der Waals surface area contributed by atoms with Crippen LogP contribution in [0.25, 0.3) is 0 Å². The molecule has 0 saturated heterocycles. The molecule has 212 valence electrons. The number of hydrogen-bond donors (Lipinski definition) is 2. The van der Waals surface area contributed by atoms with Crippen molar-refractivity contribution in [3.63, 3.8) is 0 Å². The largest absolute Gasteiger partial charge is 0.494 e. The molecule has 7 nitrogen and oxygen atoms in total. The third kappa shape index (κ3) is 7.34. The molecule has 0 fully saturated rings. The Balaban J connectivity index is 0.00000370. The second-order valence-electron chi connectivity index (χ2n) is 10.2. The first kappa shape index (κ1) is 29.4. The van der Waals surface area contributed by atoms with Gasteiger partial charge in [0.15, 0.2) is 0 Å². The third-order valence-electron chi connectivity index (χ3n) is 7.39. The zero-order valence-electron chi connectivity index (χ0n) is 22.8. The lowest BCUT2D eigenvalue weighted by molar-refractivity contribution is -0.133. The zero-order valence-corrected chi connectivity index (χ0v) is 23.6. The van der Waals surface area contributed by atoms with E-state index in [2.05, 4.69) is 23.5 Å². The van der Waals surface area contributed by atoms with Gasteiger partial charge in [-0.1, -0.05) is 30.3 Å². The predicted molar refractivity (Wildman–Crippen MR) is 158 cm³/mol. The molecule has 0 aliphatic carbocycles. The van der Waals surface area contributed by atoms with Crippen molar-refractivity contribution in [1.29, 1.82) is 0 Å². The molecule has 1 atom stereocenters. The van der Waals surface area contributed by atoms with Crippen molar-refractivity contribution in [2.45, 2.75) is 51.0 Å². The molecule has 0 saturated carbocycles. The third-order valence-corrected chi connectivity index (χ3v) is 7.39. The number of nitrogens with one attached hydrogen (secondary N) is 1. The number of unbranched alkanes of at least 4 members (excludes halogenated alkanes) is 1. The Kier molecular flexibility index (Phi) is 10.4. The summed E-state index contributed by atoms with van der Waals surface area (Å²) in [6, 6.07) is 21.9. The monoisotopic (exact) mass is 563 g/mol. The summed E-state index contributed by atoms with van der Waals surface area (Å²) in [7, 11) is 0. The number of aryl methyl sites for hydroxylation is 1. The standard InChI is InChI=1S/C32H37N3O4.ClH/c33-17-2-1-7-31(37)35-19-16-24-21-28-13-14-29(24)32(35)25-5-3-6-27(22-25)38-20-4-18-34-30(36)15-10-23-8-11-26(39-28)12-9-23;/h3,5-6,8-9,11-14,21-22,32H,1-2,4,7,10,15-20,33H2,(H,34,36);1H. The number of carbonyl (C=O) groups excluding carboxylic acids is 2. The minimum Gasteiger partial charge on any atom is -0.494 e. The summed E-state index contributed by atoms with van der Waals surface area (Å²) < 4.78 is 12.2. The van der Waals surface area contributed by atoms with Crippen molar-refractivity contribution in [2.75, 3.05) is 26.2 Å². The minimum absolute atomic E-state index is 0. The summed E-state index contributed by atoms with van der Waals surface area (Å²) in [5.74, 6) is 2.46. The van der Waals surface area contributed by atoms with Gasteiger partial charge in [-0.25, -0.2) is 0 Å². The van der Waals surface area contributed by atoms with Crippen molar-refractivity contribution in [3.8, 4) is 17.2 Å². The first-order chi connectivity index (χ1) is 19.1. The number of benzene rings is 3. The fourth-order valence-electron chi connectivity index (χ4n) is 5.33. The predicted octanol–water partition coefficient (Wildman–Crippen LogP) is 5.34. The second-order valence-corrected chi connectivity index (χ2v) is 10.2. The molecule has 3 aromatic rings. The number of nitrogens with two attached hydrogens (primary N) is 1. The van der Waals surface area contributed by atoms with Crippen LogP contribution >= 0.6 is 12.4 Å². The van der Waals surface area contributed by atoms with E-state index < -0.39 is 0 Å². The van der Waals surface area contributed by atoms with Crippen molar-refractivity contribution in [3.05, 3.63) is 89.0 Å². The molecule has 40 heavy (non-hydrogen) atoms. The van der Waals surface area contributed by atoms with Crippen LogP contribution in [0.4, 0.5) is 0 Å². The van der Waals surface area contributed by atoms with Gasteiger partial charge in [-0.2, -0.15) is 0 Å². The van der Waals surface area contributed by atoms with E-state index in [0.717, 1.165) is 53.2 Å². The molecule has 8 bridgehead atoms. The smallest absolute Gasteiger partial charge is 0.223 e. The van der Waals surface area contributed by atoms with Gasteiger partial charge in [-0.05, 0) is 97.3 Å². The lowest BCUT2D eigenvalue weighted by Gasteiger charge is -2.38. The van der Waals surface area contributed by atoms with Crippen LogP contribution in [0, 0.1) is 0 Å². The summed E-state index contributed by atoms with van der Waals surface area (Å²) >= 11 is 0. The lowest BCUT2D eigenvalue weighted by atomic mass is 9.87. The lowest BCUT2D eigenvalue weighted by Crippen LogP contribution is -2.40. The van der Waals surface area contributed by atoms with E-state index in [9.17, 15) is 9.59 Å². The van der Waals surface area contributed by atoms with Crippen LogP contribution in [0.1, 0.15) is 60.4 Å².